The number of hydrogen-bond acceptors (Lipinski definition) is 2. The lowest BCUT2D eigenvalue weighted by Gasteiger charge is -2.07. The summed E-state index contributed by atoms with van der Waals surface area (Å²) in [4.78, 5) is 12.6. The van der Waals surface area contributed by atoms with Gasteiger partial charge < -0.3 is 4.42 Å². The molecule has 3 aromatic rings. The first-order chi connectivity index (χ1) is 9.75. The van der Waals surface area contributed by atoms with Crippen molar-refractivity contribution >= 4 is 5.78 Å². The second-order valence-electron chi connectivity index (χ2n) is 4.72. The summed E-state index contributed by atoms with van der Waals surface area (Å²) < 4.78 is 5.41. The van der Waals surface area contributed by atoms with E-state index < -0.39 is 0 Å². The molecule has 0 aliphatic carbocycles. The molecule has 0 saturated carbocycles. The Morgan fingerprint density at radius 3 is 2.35 bits per heavy atom. The highest BCUT2D eigenvalue weighted by Gasteiger charge is 2.15. The first kappa shape index (κ1) is 12.4. The Morgan fingerprint density at radius 2 is 1.65 bits per heavy atom. The maximum atomic E-state index is 12.6. The van der Waals surface area contributed by atoms with Gasteiger partial charge in [-0.05, 0) is 19.1 Å². The predicted molar refractivity (Wildman–Crippen MR) is 78.8 cm³/mol. The van der Waals surface area contributed by atoms with Crippen LogP contribution in [0.2, 0.25) is 0 Å². The van der Waals surface area contributed by atoms with Gasteiger partial charge >= 0.3 is 0 Å². The van der Waals surface area contributed by atoms with Crippen LogP contribution in [0.25, 0.3) is 11.3 Å². The fourth-order valence-electron chi connectivity index (χ4n) is 2.19. The summed E-state index contributed by atoms with van der Waals surface area (Å²) >= 11 is 0. The summed E-state index contributed by atoms with van der Waals surface area (Å²) in [5.74, 6) is 0.720. The summed E-state index contributed by atoms with van der Waals surface area (Å²) in [6, 6.07) is 18.8. The Bertz CT molecular complexity index is 722. The van der Waals surface area contributed by atoms with Crippen LogP contribution >= 0.6 is 0 Å². The van der Waals surface area contributed by atoms with E-state index in [1.165, 1.54) is 0 Å². The van der Waals surface area contributed by atoms with Crippen molar-refractivity contribution in [2.45, 2.75) is 6.92 Å². The Labute approximate surface area is 117 Å². The Kier molecular flexibility index (Phi) is 3.21. The third-order valence-electron chi connectivity index (χ3n) is 3.27. The molecule has 2 nitrogen and oxygen atoms in total. The second-order valence-corrected chi connectivity index (χ2v) is 4.72. The molecule has 1 aromatic heterocycles. The predicted octanol–water partition coefficient (Wildman–Crippen LogP) is 4.49. The molecule has 3 rings (SSSR count). The summed E-state index contributed by atoms with van der Waals surface area (Å²) in [7, 11) is 0. The fourth-order valence-corrected chi connectivity index (χ4v) is 2.19. The van der Waals surface area contributed by atoms with Gasteiger partial charge in [-0.2, -0.15) is 0 Å². The highest BCUT2D eigenvalue weighted by molar-refractivity contribution is 6.12. The average Bonchev–Trinajstić information content (AvgIpc) is 3.01. The van der Waals surface area contributed by atoms with E-state index in [1.54, 1.807) is 6.26 Å². The number of carbonyl (C=O) groups excluding carboxylic acids is 1. The highest BCUT2D eigenvalue weighted by Crippen LogP contribution is 2.26. The molecule has 0 saturated heterocycles. The van der Waals surface area contributed by atoms with E-state index in [9.17, 15) is 4.79 Å². The van der Waals surface area contributed by atoms with Gasteiger partial charge in [-0.3, -0.25) is 4.79 Å². The number of hydrogen-bond donors (Lipinski definition) is 0. The molecule has 2 aromatic carbocycles. The van der Waals surface area contributed by atoms with E-state index >= 15 is 0 Å². The zero-order valence-electron chi connectivity index (χ0n) is 11.2. The molecule has 0 aliphatic heterocycles. The van der Waals surface area contributed by atoms with Crippen LogP contribution < -0.4 is 0 Å². The third-order valence-corrected chi connectivity index (χ3v) is 3.27. The van der Waals surface area contributed by atoms with Crippen LogP contribution in [-0.2, 0) is 0 Å². The lowest BCUT2D eigenvalue weighted by Crippen LogP contribution is -2.03. The van der Waals surface area contributed by atoms with E-state index in [4.69, 9.17) is 4.42 Å². The highest BCUT2D eigenvalue weighted by atomic mass is 16.3. The molecule has 0 bridgehead atoms. The molecule has 0 spiro atoms. The monoisotopic (exact) mass is 262 g/mol. The molecule has 0 unspecified atom stereocenters. The van der Waals surface area contributed by atoms with Crippen LogP contribution in [0.15, 0.2) is 71.3 Å². The number of ketones is 1. The molecule has 0 amide bonds. The molecule has 2 heteroatoms. The Morgan fingerprint density at radius 1 is 0.900 bits per heavy atom. The van der Waals surface area contributed by atoms with Gasteiger partial charge in [0.15, 0.2) is 5.78 Å². The molecular weight excluding hydrogens is 248 g/mol. The molecule has 1 heterocycles. The quantitative estimate of drug-likeness (QED) is 0.651. The van der Waals surface area contributed by atoms with Gasteiger partial charge in [-0.15, -0.1) is 0 Å². The van der Waals surface area contributed by atoms with Gasteiger partial charge in [0.1, 0.15) is 5.76 Å². The van der Waals surface area contributed by atoms with Crippen molar-refractivity contribution in [3.63, 3.8) is 0 Å². The smallest absolute Gasteiger partial charge is 0.193 e. The SMILES string of the molecule is Cc1ccc(C(=O)c2ccccc2-c2ccco2)cc1. The molecule has 98 valence electrons. The number of rotatable bonds is 3. The largest absolute Gasteiger partial charge is 0.464 e. The van der Waals surface area contributed by atoms with Crippen molar-refractivity contribution in [2.24, 2.45) is 0 Å². The van der Waals surface area contributed by atoms with Crippen molar-refractivity contribution in [3.05, 3.63) is 83.6 Å². The molecular formula is C18H14O2. The van der Waals surface area contributed by atoms with Gasteiger partial charge in [0.05, 0.1) is 6.26 Å². The minimum Gasteiger partial charge on any atom is -0.464 e. The molecule has 0 aliphatic rings. The molecule has 20 heavy (non-hydrogen) atoms. The molecule has 0 fully saturated rings. The maximum Gasteiger partial charge on any atom is 0.193 e. The van der Waals surface area contributed by atoms with E-state index in [0.717, 1.165) is 11.1 Å². The van der Waals surface area contributed by atoms with Crippen LogP contribution in [0.4, 0.5) is 0 Å². The van der Waals surface area contributed by atoms with Crippen molar-refractivity contribution in [2.75, 3.05) is 0 Å². The van der Waals surface area contributed by atoms with E-state index in [1.807, 2.05) is 67.6 Å². The third kappa shape index (κ3) is 2.28. The minimum atomic E-state index is 0.0111. The van der Waals surface area contributed by atoms with Crippen LogP contribution in [-0.4, -0.2) is 5.78 Å². The molecule has 0 N–H and O–H groups in total. The van der Waals surface area contributed by atoms with Crippen molar-refractivity contribution in [1.29, 1.82) is 0 Å². The lowest BCUT2D eigenvalue weighted by atomic mass is 9.96. The first-order valence-electron chi connectivity index (χ1n) is 6.50. The lowest BCUT2D eigenvalue weighted by molar-refractivity contribution is 0.103. The zero-order chi connectivity index (χ0) is 13.9. The first-order valence-corrected chi connectivity index (χ1v) is 6.50. The summed E-state index contributed by atoms with van der Waals surface area (Å²) in [5, 5.41) is 0. The van der Waals surface area contributed by atoms with E-state index in [2.05, 4.69) is 0 Å². The van der Waals surface area contributed by atoms with Gasteiger partial charge in [0.25, 0.3) is 0 Å². The molecule has 0 atom stereocenters. The summed E-state index contributed by atoms with van der Waals surface area (Å²) in [6.45, 7) is 2.01. The van der Waals surface area contributed by atoms with Gasteiger partial charge in [-0.1, -0.05) is 54.1 Å². The minimum absolute atomic E-state index is 0.0111. The van der Waals surface area contributed by atoms with Crippen LogP contribution in [0.3, 0.4) is 0 Å². The van der Waals surface area contributed by atoms with Crippen LogP contribution in [0, 0.1) is 6.92 Å². The fraction of sp³-hybridized carbons (Fsp3) is 0.0556. The van der Waals surface area contributed by atoms with E-state index in [0.29, 0.717) is 16.9 Å². The number of aryl methyl sites for hydroxylation is 1. The standard InChI is InChI=1S/C18H14O2/c1-13-8-10-14(11-9-13)18(19)16-6-3-2-5-15(16)17-7-4-12-20-17/h2-12H,1H3. The summed E-state index contributed by atoms with van der Waals surface area (Å²) in [6.07, 6.45) is 1.61. The topological polar surface area (TPSA) is 30.2 Å². The van der Waals surface area contributed by atoms with E-state index in [-0.39, 0.29) is 5.78 Å². The number of carbonyl (C=O) groups is 1. The average molecular weight is 262 g/mol. The number of furan rings is 1. The molecule has 0 radical (unpaired) electrons. The van der Waals surface area contributed by atoms with Crippen LogP contribution in [0.1, 0.15) is 21.5 Å². The van der Waals surface area contributed by atoms with Gasteiger partial charge in [0, 0.05) is 16.7 Å². The zero-order valence-corrected chi connectivity index (χ0v) is 11.2. The maximum absolute atomic E-state index is 12.6. The normalized spacial score (nSPS) is 10.4. The summed E-state index contributed by atoms with van der Waals surface area (Å²) in [5.41, 5.74) is 3.31. The van der Waals surface area contributed by atoms with Crippen LogP contribution in [0.5, 0.6) is 0 Å². The number of benzene rings is 2. The Balaban J connectivity index is 2.06. The van der Waals surface area contributed by atoms with Gasteiger partial charge in [-0.25, -0.2) is 0 Å². The van der Waals surface area contributed by atoms with Crippen molar-refractivity contribution < 1.29 is 9.21 Å². The van der Waals surface area contributed by atoms with Gasteiger partial charge in [0.2, 0.25) is 0 Å². The van der Waals surface area contributed by atoms with Crippen molar-refractivity contribution in [1.82, 2.24) is 0 Å². The van der Waals surface area contributed by atoms with Crippen molar-refractivity contribution in [3.8, 4) is 11.3 Å². The Hall–Kier alpha value is -2.61. The second kappa shape index (κ2) is 5.17.